The van der Waals surface area contributed by atoms with Gasteiger partial charge in [0.05, 0.1) is 10.6 Å². The predicted molar refractivity (Wildman–Crippen MR) is 151 cm³/mol. The first-order chi connectivity index (χ1) is 18.4. The van der Waals surface area contributed by atoms with Gasteiger partial charge in [-0.1, -0.05) is 61.9 Å². The standard InChI is InChI=1S/C30H36FN3O4S/c1-21(2)18-32-30(36)24(5)33(19-25-12-14-26(31)15-13-25)29(35)20-34(28-16-11-22(3)17-23(28)4)39(37,38)27-9-7-6-8-10-27/h6-17,21,24H,18-20H2,1-5H3,(H,32,36)/t24-/m0/s1. The fourth-order valence-corrected chi connectivity index (χ4v) is 5.64. The molecule has 39 heavy (non-hydrogen) atoms. The van der Waals surface area contributed by atoms with E-state index in [2.05, 4.69) is 5.32 Å². The van der Waals surface area contributed by atoms with Crippen LogP contribution < -0.4 is 9.62 Å². The van der Waals surface area contributed by atoms with Gasteiger partial charge in [0.1, 0.15) is 18.4 Å². The zero-order chi connectivity index (χ0) is 28.7. The van der Waals surface area contributed by atoms with Gasteiger partial charge in [0.15, 0.2) is 0 Å². The van der Waals surface area contributed by atoms with E-state index in [4.69, 9.17) is 0 Å². The van der Waals surface area contributed by atoms with Crippen molar-refractivity contribution in [1.29, 1.82) is 0 Å². The van der Waals surface area contributed by atoms with Gasteiger partial charge in [0.2, 0.25) is 11.8 Å². The Morgan fingerprint density at radius 1 is 0.923 bits per heavy atom. The molecule has 1 N–H and O–H groups in total. The number of nitrogens with zero attached hydrogens (tertiary/aromatic N) is 2. The minimum atomic E-state index is -4.13. The van der Waals surface area contributed by atoms with Crippen LogP contribution in [0.2, 0.25) is 0 Å². The Morgan fingerprint density at radius 3 is 2.15 bits per heavy atom. The molecule has 0 aliphatic rings. The number of carbonyl (C=O) groups excluding carboxylic acids is 2. The molecule has 0 aliphatic heterocycles. The first kappa shape index (κ1) is 29.8. The van der Waals surface area contributed by atoms with Gasteiger partial charge in [-0.25, -0.2) is 12.8 Å². The normalized spacial score (nSPS) is 12.2. The van der Waals surface area contributed by atoms with Crippen LogP contribution in [-0.2, 0) is 26.2 Å². The Balaban J connectivity index is 2.03. The Labute approximate surface area is 230 Å². The van der Waals surface area contributed by atoms with Gasteiger partial charge in [-0.3, -0.25) is 13.9 Å². The summed E-state index contributed by atoms with van der Waals surface area (Å²) in [5.41, 5.74) is 2.62. The van der Waals surface area contributed by atoms with Crippen LogP contribution in [-0.4, -0.2) is 44.3 Å². The molecule has 7 nitrogen and oxygen atoms in total. The average molecular weight is 554 g/mol. The summed E-state index contributed by atoms with van der Waals surface area (Å²) < 4.78 is 42.3. The zero-order valence-electron chi connectivity index (χ0n) is 23.0. The van der Waals surface area contributed by atoms with E-state index in [1.165, 1.54) is 41.3 Å². The summed E-state index contributed by atoms with van der Waals surface area (Å²) in [6.45, 7) is 9.12. The summed E-state index contributed by atoms with van der Waals surface area (Å²) >= 11 is 0. The van der Waals surface area contributed by atoms with Crippen molar-refractivity contribution in [3.05, 3.63) is 95.3 Å². The topological polar surface area (TPSA) is 86.8 Å². The molecule has 0 aliphatic carbocycles. The van der Waals surface area contributed by atoms with E-state index in [-0.39, 0.29) is 23.3 Å². The Morgan fingerprint density at radius 2 is 1.56 bits per heavy atom. The third-order valence-corrected chi connectivity index (χ3v) is 8.12. The summed E-state index contributed by atoms with van der Waals surface area (Å²) in [4.78, 5) is 28.3. The van der Waals surface area contributed by atoms with Crippen molar-refractivity contribution in [2.75, 3.05) is 17.4 Å². The molecule has 9 heteroatoms. The molecule has 208 valence electrons. The molecule has 0 heterocycles. The highest BCUT2D eigenvalue weighted by Crippen LogP contribution is 2.28. The molecule has 3 aromatic rings. The fourth-order valence-electron chi connectivity index (χ4n) is 4.14. The number of anilines is 1. The number of carbonyl (C=O) groups is 2. The van der Waals surface area contributed by atoms with E-state index in [1.807, 2.05) is 26.8 Å². The van der Waals surface area contributed by atoms with Crippen molar-refractivity contribution in [3.8, 4) is 0 Å². The van der Waals surface area contributed by atoms with E-state index in [0.717, 1.165) is 9.87 Å². The average Bonchev–Trinajstić information content (AvgIpc) is 2.90. The van der Waals surface area contributed by atoms with Crippen LogP contribution in [0, 0.1) is 25.6 Å². The molecule has 0 saturated carbocycles. The number of hydrogen-bond donors (Lipinski definition) is 1. The van der Waals surface area contributed by atoms with Crippen LogP contribution in [0.3, 0.4) is 0 Å². The number of nitrogens with one attached hydrogen (secondary N) is 1. The van der Waals surface area contributed by atoms with Gasteiger partial charge in [-0.15, -0.1) is 0 Å². The molecule has 0 saturated heterocycles. The van der Waals surface area contributed by atoms with Crippen LogP contribution in [0.5, 0.6) is 0 Å². The fraction of sp³-hybridized carbons (Fsp3) is 0.333. The number of sulfonamides is 1. The summed E-state index contributed by atoms with van der Waals surface area (Å²) in [7, 11) is -4.13. The van der Waals surface area contributed by atoms with Crippen molar-refractivity contribution >= 4 is 27.5 Å². The van der Waals surface area contributed by atoms with Crippen LogP contribution >= 0.6 is 0 Å². The molecule has 3 rings (SSSR count). The summed E-state index contributed by atoms with van der Waals surface area (Å²) in [6.07, 6.45) is 0. The first-order valence-electron chi connectivity index (χ1n) is 12.9. The zero-order valence-corrected chi connectivity index (χ0v) is 23.8. The number of rotatable bonds is 11. The van der Waals surface area contributed by atoms with Gasteiger partial charge in [0, 0.05) is 13.1 Å². The van der Waals surface area contributed by atoms with E-state index < -0.39 is 34.3 Å². The summed E-state index contributed by atoms with van der Waals surface area (Å²) in [5.74, 6) is -1.14. The van der Waals surface area contributed by atoms with Gasteiger partial charge in [-0.05, 0) is 68.1 Å². The maximum atomic E-state index is 13.9. The highest BCUT2D eigenvalue weighted by Gasteiger charge is 2.33. The van der Waals surface area contributed by atoms with Crippen LogP contribution in [0.4, 0.5) is 10.1 Å². The molecule has 1 atom stereocenters. The molecule has 0 bridgehead atoms. The second-order valence-corrected chi connectivity index (χ2v) is 11.9. The Hall–Kier alpha value is -3.72. The number of hydrogen-bond acceptors (Lipinski definition) is 4. The summed E-state index contributed by atoms with van der Waals surface area (Å²) in [6, 6.07) is 18.0. The number of halogens is 1. The van der Waals surface area contributed by atoms with Crippen molar-refractivity contribution in [1.82, 2.24) is 10.2 Å². The van der Waals surface area contributed by atoms with Gasteiger partial charge < -0.3 is 10.2 Å². The Bertz CT molecular complexity index is 1390. The van der Waals surface area contributed by atoms with Crippen LogP contribution in [0.25, 0.3) is 0 Å². The van der Waals surface area contributed by atoms with E-state index in [0.29, 0.717) is 23.4 Å². The highest BCUT2D eigenvalue weighted by molar-refractivity contribution is 7.92. The SMILES string of the molecule is Cc1ccc(N(CC(=O)N(Cc2ccc(F)cc2)[C@@H](C)C(=O)NCC(C)C)S(=O)(=O)c2ccccc2)c(C)c1. The van der Waals surface area contributed by atoms with E-state index in [9.17, 15) is 22.4 Å². The molecule has 0 spiro atoms. The second kappa shape index (κ2) is 12.9. The number of amides is 2. The molecule has 2 amide bonds. The van der Waals surface area contributed by atoms with Crippen molar-refractivity contribution in [2.24, 2.45) is 5.92 Å². The van der Waals surface area contributed by atoms with Crippen molar-refractivity contribution < 1.29 is 22.4 Å². The lowest BCUT2D eigenvalue weighted by Gasteiger charge is -2.32. The Kier molecular flexibility index (Phi) is 9.86. The molecule has 0 radical (unpaired) electrons. The summed E-state index contributed by atoms with van der Waals surface area (Å²) in [5, 5.41) is 2.84. The maximum Gasteiger partial charge on any atom is 0.264 e. The minimum Gasteiger partial charge on any atom is -0.354 e. The monoisotopic (exact) mass is 553 g/mol. The first-order valence-corrected chi connectivity index (χ1v) is 14.3. The number of benzene rings is 3. The smallest absolute Gasteiger partial charge is 0.264 e. The van der Waals surface area contributed by atoms with Crippen LogP contribution in [0.15, 0.2) is 77.7 Å². The molecule has 0 unspecified atom stereocenters. The molecule has 0 aromatic heterocycles. The highest BCUT2D eigenvalue weighted by atomic mass is 32.2. The van der Waals surface area contributed by atoms with Crippen LogP contribution in [0.1, 0.15) is 37.5 Å². The second-order valence-electron chi connectivity index (χ2n) is 10.1. The molecule has 0 fully saturated rings. The lowest BCUT2D eigenvalue weighted by Crippen LogP contribution is -2.51. The largest absolute Gasteiger partial charge is 0.354 e. The van der Waals surface area contributed by atoms with Gasteiger partial charge in [-0.2, -0.15) is 0 Å². The minimum absolute atomic E-state index is 0.00147. The van der Waals surface area contributed by atoms with E-state index in [1.54, 1.807) is 44.2 Å². The predicted octanol–water partition coefficient (Wildman–Crippen LogP) is 4.83. The van der Waals surface area contributed by atoms with Crippen molar-refractivity contribution in [2.45, 2.75) is 52.1 Å². The third kappa shape index (κ3) is 7.66. The number of aryl methyl sites for hydroxylation is 2. The molecular weight excluding hydrogens is 517 g/mol. The van der Waals surface area contributed by atoms with Gasteiger partial charge >= 0.3 is 0 Å². The molecular formula is C30H36FN3O4S. The van der Waals surface area contributed by atoms with E-state index >= 15 is 0 Å². The quantitative estimate of drug-likeness (QED) is 0.369. The van der Waals surface area contributed by atoms with Crippen molar-refractivity contribution in [3.63, 3.8) is 0 Å². The maximum absolute atomic E-state index is 13.9. The lowest BCUT2D eigenvalue weighted by molar-refractivity contribution is -0.139. The lowest BCUT2D eigenvalue weighted by atomic mass is 10.1. The third-order valence-electron chi connectivity index (χ3n) is 6.35. The van der Waals surface area contributed by atoms with Gasteiger partial charge in [0.25, 0.3) is 10.0 Å². The molecule has 3 aromatic carbocycles.